The van der Waals surface area contributed by atoms with Gasteiger partial charge in [-0.15, -0.1) is 0 Å². The number of sulfonamides is 1. The molecule has 0 aliphatic carbocycles. The van der Waals surface area contributed by atoms with Crippen molar-refractivity contribution in [3.05, 3.63) is 59.8 Å². The monoisotopic (exact) mass is 482 g/mol. The molecule has 3 aromatic rings. The second-order valence-corrected chi connectivity index (χ2v) is 10.5. The predicted octanol–water partition coefficient (Wildman–Crippen LogP) is 3.79. The highest BCUT2D eigenvalue weighted by Crippen LogP contribution is 2.33. The SMILES string of the molecule is CCN(CC)CCn1ccc2cc(NC(=O)c3ccc4c(c3)S(=O)(=O)N(C(C)C)C4=O)ccc21. The van der Waals surface area contributed by atoms with Crippen molar-refractivity contribution >= 4 is 38.4 Å². The molecule has 1 N–H and O–H groups in total. The van der Waals surface area contributed by atoms with E-state index in [1.165, 1.54) is 18.2 Å². The summed E-state index contributed by atoms with van der Waals surface area (Å²) in [6.45, 7) is 11.5. The number of hydrogen-bond acceptors (Lipinski definition) is 5. The molecule has 0 spiro atoms. The van der Waals surface area contributed by atoms with Crippen molar-refractivity contribution in [1.82, 2.24) is 13.8 Å². The van der Waals surface area contributed by atoms with E-state index in [2.05, 4.69) is 28.6 Å². The molecule has 0 saturated carbocycles. The number of amides is 2. The van der Waals surface area contributed by atoms with Gasteiger partial charge < -0.3 is 14.8 Å². The van der Waals surface area contributed by atoms with Crippen LogP contribution in [0.15, 0.2) is 53.6 Å². The summed E-state index contributed by atoms with van der Waals surface area (Å²) in [6, 6.07) is 11.4. The fourth-order valence-corrected chi connectivity index (χ4v) is 6.16. The standard InChI is InChI=1S/C25H30N4O4S/c1-5-27(6-2)13-14-28-12-11-18-15-20(8-10-22(18)28)26-24(30)19-7-9-21-23(16-19)34(32,33)29(17(3)4)25(21)31/h7-12,15-17H,5-6,13-14H2,1-4H3,(H,26,30). The molecule has 0 saturated heterocycles. The van der Waals surface area contributed by atoms with E-state index in [1.807, 2.05) is 30.5 Å². The van der Waals surface area contributed by atoms with Gasteiger partial charge in [-0.2, -0.15) is 0 Å². The molecule has 8 nitrogen and oxygen atoms in total. The van der Waals surface area contributed by atoms with Crippen LogP contribution in [0.1, 0.15) is 48.4 Å². The van der Waals surface area contributed by atoms with Crippen molar-refractivity contribution in [3.8, 4) is 0 Å². The zero-order valence-electron chi connectivity index (χ0n) is 19.9. The van der Waals surface area contributed by atoms with Crippen molar-refractivity contribution in [2.75, 3.05) is 25.0 Å². The molecule has 1 aromatic heterocycles. The number of likely N-dealkylation sites (N-methyl/N-ethyl adjacent to an activating group) is 1. The average molecular weight is 483 g/mol. The quantitative estimate of drug-likeness (QED) is 0.528. The number of carbonyl (C=O) groups excluding carboxylic acids is 2. The number of aromatic nitrogens is 1. The largest absolute Gasteiger partial charge is 0.346 e. The summed E-state index contributed by atoms with van der Waals surface area (Å²) in [5, 5.41) is 3.85. The van der Waals surface area contributed by atoms with Crippen LogP contribution in [0.3, 0.4) is 0 Å². The van der Waals surface area contributed by atoms with Gasteiger partial charge in [0.1, 0.15) is 4.90 Å². The first-order valence-electron chi connectivity index (χ1n) is 11.5. The molecule has 0 radical (unpaired) electrons. The number of anilines is 1. The minimum absolute atomic E-state index is 0.0951. The Morgan fingerprint density at radius 1 is 1.06 bits per heavy atom. The Bertz CT molecular complexity index is 1360. The Hall–Kier alpha value is -3.17. The first-order valence-corrected chi connectivity index (χ1v) is 13.0. The lowest BCUT2D eigenvalue weighted by Crippen LogP contribution is -2.36. The molecule has 2 heterocycles. The summed E-state index contributed by atoms with van der Waals surface area (Å²) in [5.74, 6) is -0.998. The van der Waals surface area contributed by atoms with Gasteiger partial charge in [-0.3, -0.25) is 9.59 Å². The maximum absolute atomic E-state index is 12.9. The van der Waals surface area contributed by atoms with Crippen LogP contribution in [0, 0.1) is 0 Å². The average Bonchev–Trinajstić information content (AvgIpc) is 3.29. The Labute approximate surface area is 200 Å². The van der Waals surface area contributed by atoms with Crippen LogP contribution < -0.4 is 5.32 Å². The molecule has 0 unspecified atom stereocenters. The van der Waals surface area contributed by atoms with Crippen LogP contribution in [-0.2, 0) is 16.6 Å². The highest BCUT2D eigenvalue weighted by atomic mass is 32.2. The predicted molar refractivity (Wildman–Crippen MR) is 133 cm³/mol. The van der Waals surface area contributed by atoms with E-state index in [4.69, 9.17) is 0 Å². The number of rotatable bonds is 8. The summed E-state index contributed by atoms with van der Waals surface area (Å²) in [5.41, 5.74) is 1.97. The minimum atomic E-state index is -3.97. The second-order valence-electron chi connectivity index (χ2n) is 8.67. The van der Waals surface area contributed by atoms with Gasteiger partial charge in [0.15, 0.2) is 0 Å². The number of carbonyl (C=O) groups is 2. The minimum Gasteiger partial charge on any atom is -0.346 e. The molecule has 9 heteroatoms. The lowest BCUT2D eigenvalue weighted by molar-refractivity contribution is 0.0846. The van der Waals surface area contributed by atoms with Gasteiger partial charge in [0, 0.05) is 47.5 Å². The maximum Gasteiger partial charge on any atom is 0.269 e. The second kappa shape index (κ2) is 9.23. The topological polar surface area (TPSA) is 91.7 Å². The van der Waals surface area contributed by atoms with Crippen LogP contribution in [0.4, 0.5) is 5.69 Å². The fourth-order valence-electron chi connectivity index (χ4n) is 4.36. The van der Waals surface area contributed by atoms with E-state index in [-0.39, 0.29) is 16.0 Å². The molecule has 180 valence electrons. The van der Waals surface area contributed by atoms with Crippen molar-refractivity contribution in [2.24, 2.45) is 0 Å². The van der Waals surface area contributed by atoms with Gasteiger partial charge in [-0.1, -0.05) is 13.8 Å². The number of nitrogens with zero attached hydrogens (tertiary/aromatic N) is 3. The summed E-state index contributed by atoms with van der Waals surface area (Å²) in [4.78, 5) is 27.6. The Kier molecular flexibility index (Phi) is 6.51. The summed E-state index contributed by atoms with van der Waals surface area (Å²) in [6.07, 6.45) is 2.04. The van der Waals surface area contributed by atoms with Gasteiger partial charge in [-0.05, 0) is 69.4 Å². The fraction of sp³-hybridized carbons (Fsp3) is 0.360. The molecule has 0 atom stereocenters. The van der Waals surface area contributed by atoms with Crippen LogP contribution in [-0.4, -0.2) is 59.7 Å². The zero-order chi connectivity index (χ0) is 24.6. The number of fused-ring (bicyclic) bond motifs is 2. The Morgan fingerprint density at radius 3 is 2.47 bits per heavy atom. The molecular weight excluding hydrogens is 452 g/mol. The smallest absolute Gasteiger partial charge is 0.269 e. The highest BCUT2D eigenvalue weighted by Gasteiger charge is 2.42. The number of benzene rings is 2. The van der Waals surface area contributed by atoms with E-state index in [1.54, 1.807) is 13.8 Å². The van der Waals surface area contributed by atoms with Gasteiger partial charge in [0.05, 0.1) is 5.56 Å². The summed E-state index contributed by atoms with van der Waals surface area (Å²) in [7, 11) is -3.97. The third-order valence-electron chi connectivity index (χ3n) is 6.26. The lowest BCUT2D eigenvalue weighted by atomic mass is 10.1. The summed E-state index contributed by atoms with van der Waals surface area (Å²) < 4.78 is 28.7. The van der Waals surface area contributed by atoms with Gasteiger partial charge in [-0.25, -0.2) is 12.7 Å². The van der Waals surface area contributed by atoms with Crippen LogP contribution >= 0.6 is 0 Å². The molecule has 1 aliphatic rings. The molecule has 1 aliphatic heterocycles. The van der Waals surface area contributed by atoms with Crippen molar-refractivity contribution < 1.29 is 18.0 Å². The first kappa shape index (κ1) is 24.0. The highest BCUT2D eigenvalue weighted by molar-refractivity contribution is 7.90. The maximum atomic E-state index is 12.9. The van der Waals surface area contributed by atoms with E-state index < -0.39 is 27.9 Å². The third kappa shape index (κ3) is 4.21. The van der Waals surface area contributed by atoms with E-state index >= 15 is 0 Å². The third-order valence-corrected chi connectivity index (χ3v) is 8.26. The van der Waals surface area contributed by atoms with Gasteiger partial charge in [0.2, 0.25) is 0 Å². The molecule has 0 fully saturated rings. The molecule has 4 rings (SSSR count). The van der Waals surface area contributed by atoms with E-state index in [0.29, 0.717) is 5.69 Å². The molecule has 2 aromatic carbocycles. The van der Waals surface area contributed by atoms with Gasteiger partial charge >= 0.3 is 0 Å². The lowest BCUT2D eigenvalue weighted by Gasteiger charge is -2.18. The number of hydrogen-bond donors (Lipinski definition) is 1. The first-order chi connectivity index (χ1) is 16.2. The molecule has 34 heavy (non-hydrogen) atoms. The normalized spacial score (nSPS) is 14.9. The Morgan fingerprint density at radius 2 is 1.79 bits per heavy atom. The van der Waals surface area contributed by atoms with E-state index in [9.17, 15) is 18.0 Å². The van der Waals surface area contributed by atoms with Crippen LogP contribution in [0.25, 0.3) is 10.9 Å². The van der Waals surface area contributed by atoms with Gasteiger partial charge in [0.25, 0.3) is 21.8 Å². The van der Waals surface area contributed by atoms with Crippen molar-refractivity contribution in [1.29, 1.82) is 0 Å². The zero-order valence-corrected chi connectivity index (χ0v) is 20.7. The summed E-state index contributed by atoms with van der Waals surface area (Å²) >= 11 is 0. The van der Waals surface area contributed by atoms with Crippen molar-refractivity contribution in [3.63, 3.8) is 0 Å². The van der Waals surface area contributed by atoms with E-state index in [0.717, 1.165) is 41.4 Å². The Balaban J connectivity index is 1.53. The molecular formula is C25H30N4O4S. The molecule has 2 amide bonds. The van der Waals surface area contributed by atoms with Crippen LogP contribution in [0.2, 0.25) is 0 Å². The van der Waals surface area contributed by atoms with Crippen molar-refractivity contribution in [2.45, 2.75) is 45.2 Å². The van der Waals surface area contributed by atoms with Crippen LogP contribution in [0.5, 0.6) is 0 Å². The number of nitrogens with one attached hydrogen (secondary N) is 1. The molecule has 0 bridgehead atoms.